The van der Waals surface area contributed by atoms with Crippen molar-refractivity contribution in [1.82, 2.24) is 0 Å². The van der Waals surface area contributed by atoms with Gasteiger partial charge in [0.2, 0.25) is 0 Å². The molecule has 3 aromatic carbocycles. The lowest BCUT2D eigenvalue weighted by Crippen LogP contribution is -2.25. The molecule has 0 radical (unpaired) electrons. The minimum absolute atomic E-state index is 0.592. The van der Waals surface area contributed by atoms with Gasteiger partial charge in [0.25, 0.3) is 0 Å². The van der Waals surface area contributed by atoms with Gasteiger partial charge in [-0.1, -0.05) is 84.9 Å². The van der Waals surface area contributed by atoms with E-state index in [4.69, 9.17) is 0 Å². The first-order valence-electron chi connectivity index (χ1n) is 13.5. The van der Waals surface area contributed by atoms with E-state index in [0.29, 0.717) is 11.8 Å². The van der Waals surface area contributed by atoms with Crippen LogP contribution < -0.4 is 0 Å². The fraction of sp³-hybridized carbons (Fsp3) is 0.294. The predicted molar refractivity (Wildman–Crippen MR) is 157 cm³/mol. The maximum absolute atomic E-state index is 2.53. The van der Waals surface area contributed by atoms with E-state index < -0.39 is 0 Å². The number of hydrogen-bond acceptors (Lipinski definition) is 2. The molecule has 7 rings (SSSR count). The minimum atomic E-state index is 0.592. The summed E-state index contributed by atoms with van der Waals surface area (Å²) in [6.45, 7) is 0. The molecule has 2 heteroatoms. The number of benzene rings is 3. The lowest BCUT2D eigenvalue weighted by Gasteiger charge is -2.41. The third-order valence-electron chi connectivity index (χ3n) is 8.25. The summed E-state index contributed by atoms with van der Waals surface area (Å²) in [7, 11) is 0. The molecule has 0 nitrogen and oxygen atoms in total. The molecule has 36 heavy (non-hydrogen) atoms. The van der Waals surface area contributed by atoms with E-state index in [9.17, 15) is 0 Å². The van der Waals surface area contributed by atoms with Crippen molar-refractivity contribution in [2.75, 3.05) is 0 Å². The predicted octanol–water partition coefficient (Wildman–Crippen LogP) is 9.61. The average molecular weight is 505 g/mol. The van der Waals surface area contributed by atoms with Crippen molar-refractivity contribution in [3.8, 4) is 0 Å². The van der Waals surface area contributed by atoms with Crippen molar-refractivity contribution < 1.29 is 0 Å². The van der Waals surface area contributed by atoms with E-state index in [-0.39, 0.29) is 0 Å². The van der Waals surface area contributed by atoms with E-state index in [1.54, 1.807) is 31.2 Å². The van der Waals surface area contributed by atoms with Gasteiger partial charge in [-0.05, 0) is 89.1 Å². The third-order valence-corrected chi connectivity index (χ3v) is 11.0. The second-order valence-electron chi connectivity index (χ2n) is 10.6. The second-order valence-corrected chi connectivity index (χ2v) is 13.1. The SMILES string of the molecule is C1=CC2c3c(ccc4cc(CCCc5ccccc5)sc34)C2C2=C1CC(CCCc1ccccc1)S2. The summed E-state index contributed by atoms with van der Waals surface area (Å²) in [5.74, 6) is 1.21. The number of rotatable bonds is 8. The van der Waals surface area contributed by atoms with Crippen molar-refractivity contribution in [3.05, 3.63) is 129 Å². The number of aryl methyl sites for hydroxylation is 3. The van der Waals surface area contributed by atoms with Crippen LogP contribution in [0.5, 0.6) is 0 Å². The summed E-state index contributed by atoms with van der Waals surface area (Å²) in [5.41, 5.74) is 7.80. The van der Waals surface area contributed by atoms with Gasteiger partial charge >= 0.3 is 0 Å². The molecular weight excluding hydrogens is 473 g/mol. The van der Waals surface area contributed by atoms with Gasteiger partial charge in [-0.2, -0.15) is 0 Å². The molecule has 2 aliphatic carbocycles. The van der Waals surface area contributed by atoms with Gasteiger partial charge in [0.05, 0.1) is 0 Å². The monoisotopic (exact) mass is 504 g/mol. The minimum Gasteiger partial charge on any atom is -0.140 e. The van der Waals surface area contributed by atoms with Crippen LogP contribution in [0.25, 0.3) is 10.1 Å². The Morgan fingerprint density at radius 1 is 0.778 bits per heavy atom. The van der Waals surface area contributed by atoms with Gasteiger partial charge < -0.3 is 0 Å². The van der Waals surface area contributed by atoms with Gasteiger partial charge in [-0.3, -0.25) is 0 Å². The molecule has 0 saturated carbocycles. The quantitative estimate of drug-likeness (QED) is 0.230. The molecule has 3 atom stereocenters. The summed E-state index contributed by atoms with van der Waals surface area (Å²) in [4.78, 5) is 3.24. The maximum Gasteiger partial charge on any atom is 0.0387 e. The molecule has 3 aliphatic rings. The Morgan fingerprint density at radius 3 is 2.31 bits per heavy atom. The largest absolute Gasteiger partial charge is 0.140 e. The van der Waals surface area contributed by atoms with Gasteiger partial charge in [-0.25, -0.2) is 0 Å². The molecule has 0 N–H and O–H groups in total. The molecule has 0 spiro atoms. The first-order valence-corrected chi connectivity index (χ1v) is 15.2. The zero-order chi connectivity index (χ0) is 23.9. The van der Waals surface area contributed by atoms with Crippen molar-refractivity contribution in [1.29, 1.82) is 0 Å². The van der Waals surface area contributed by atoms with Gasteiger partial charge in [0, 0.05) is 26.7 Å². The Balaban J connectivity index is 1.03. The Labute approximate surface area is 223 Å². The number of hydrogen-bond donors (Lipinski definition) is 0. The Morgan fingerprint density at radius 2 is 1.53 bits per heavy atom. The van der Waals surface area contributed by atoms with E-state index in [0.717, 1.165) is 5.25 Å². The highest BCUT2D eigenvalue weighted by atomic mass is 32.2. The fourth-order valence-corrected chi connectivity index (χ4v) is 9.38. The molecule has 0 saturated heterocycles. The Kier molecular flexibility index (Phi) is 6.11. The van der Waals surface area contributed by atoms with Crippen molar-refractivity contribution in [3.63, 3.8) is 0 Å². The van der Waals surface area contributed by atoms with Gasteiger partial charge in [0.1, 0.15) is 0 Å². The van der Waals surface area contributed by atoms with Crippen LogP contribution in [0.15, 0.2) is 101 Å². The van der Waals surface area contributed by atoms with Crippen molar-refractivity contribution in [2.45, 2.75) is 62.0 Å². The number of fused-ring (bicyclic) bond motifs is 7. The number of thiophene rings is 1. The summed E-state index contributed by atoms with van der Waals surface area (Å²) in [6.07, 6.45) is 13.7. The summed E-state index contributed by atoms with van der Waals surface area (Å²) >= 11 is 4.27. The van der Waals surface area contributed by atoms with Crippen LogP contribution in [-0.2, 0) is 19.3 Å². The molecule has 180 valence electrons. The standard InChI is InChI=1S/C34H32S2/c1-3-9-23(10-4-1)13-7-15-27-21-25-17-19-29-31(33(25)35-27)30-20-18-26-22-28(36-34(26)32(29)30)16-8-14-24-11-5-2-6-12-24/h1-6,9-12,17-21,28,30,32H,7-8,13-16,22H2. The molecule has 0 fully saturated rings. The molecule has 2 heterocycles. The van der Waals surface area contributed by atoms with Crippen molar-refractivity contribution >= 4 is 33.2 Å². The first-order chi connectivity index (χ1) is 17.8. The lowest BCUT2D eigenvalue weighted by molar-refractivity contribution is 0.631. The Hall–Kier alpha value is -2.55. The highest BCUT2D eigenvalue weighted by molar-refractivity contribution is 8.04. The fourth-order valence-electron chi connectivity index (χ4n) is 6.44. The summed E-state index contributed by atoms with van der Waals surface area (Å²) in [6, 6.07) is 29.2. The Bertz CT molecular complexity index is 1440. The van der Waals surface area contributed by atoms with E-state index in [1.807, 2.05) is 0 Å². The zero-order valence-electron chi connectivity index (χ0n) is 20.7. The molecule has 0 bridgehead atoms. The smallest absolute Gasteiger partial charge is 0.0387 e. The van der Waals surface area contributed by atoms with Gasteiger partial charge in [-0.15, -0.1) is 23.1 Å². The molecule has 1 aliphatic heterocycles. The van der Waals surface area contributed by atoms with Crippen LogP contribution in [-0.4, -0.2) is 5.25 Å². The number of allylic oxidation sites excluding steroid dienone is 4. The lowest BCUT2D eigenvalue weighted by atomic mass is 9.64. The van der Waals surface area contributed by atoms with Crippen LogP contribution in [0.1, 0.15) is 64.7 Å². The average Bonchev–Trinajstić information content (AvgIpc) is 3.49. The zero-order valence-corrected chi connectivity index (χ0v) is 22.3. The van der Waals surface area contributed by atoms with Crippen LogP contribution in [0, 0.1) is 0 Å². The van der Waals surface area contributed by atoms with Crippen molar-refractivity contribution in [2.24, 2.45) is 0 Å². The van der Waals surface area contributed by atoms with Crippen LogP contribution >= 0.6 is 23.1 Å². The molecule has 3 unspecified atom stereocenters. The molecule has 4 aromatic rings. The van der Waals surface area contributed by atoms with Crippen LogP contribution in [0.2, 0.25) is 0 Å². The van der Waals surface area contributed by atoms with E-state index >= 15 is 0 Å². The van der Waals surface area contributed by atoms with Crippen LogP contribution in [0.4, 0.5) is 0 Å². The molecule has 0 amide bonds. The first kappa shape index (κ1) is 22.6. The highest BCUT2D eigenvalue weighted by Crippen LogP contribution is 2.63. The third kappa shape index (κ3) is 4.19. The van der Waals surface area contributed by atoms with E-state index in [2.05, 4.69) is 114 Å². The van der Waals surface area contributed by atoms with E-state index in [1.165, 1.54) is 61.5 Å². The highest BCUT2D eigenvalue weighted by Gasteiger charge is 2.45. The molecular formula is C34H32S2. The summed E-state index contributed by atoms with van der Waals surface area (Å²) < 4.78 is 1.56. The maximum atomic E-state index is 2.53. The summed E-state index contributed by atoms with van der Waals surface area (Å²) in [5, 5.41) is 2.21. The topological polar surface area (TPSA) is 0 Å². The second kappa shape index (κ2) is 9.72. The van der Waals surface area contributed by atoms with Gasteiger partial charge in [0.15, 0.2) is 0 Å². The molecule has 1 aromatic heterocycles. The normalized spacial score (nSPS) is 21.8. The van der Waals surface area contributed by atoms with Crippen LogP contribution in [0.3, 0.4) is 0 Å². The number of thioether (sulfide) groups is 1.